The van der Waals surface area contributed by atoms with Crippen LogP contribution in [0.15, 0.2) is 36.4 Å². The summed E-state index contributed by atoms with van der Waals surface area (Å²) in [4.78, 5) is 22.5. The fraction of sp³-hybridized carbons (Fsp3) is 0.438. The highest BCUT2D eigenvalue weighted by molar-refractivity contribution is 5.95. The lowest BCUT2D eigenvalue weighted by molar-refractivity contribution is -0.384. The molecule has 0 heterocycles. The molecule has 0 aromatic heterocycles. The molecule has 1 N–H and O–H groups in total. The molecule has 1 saturated carbocycles. The van der Waals surface area contributed by atoms with Gasteiger partial charge in [-0.15, -0.1) is 0 Å². The Bertz CT molecular complexity index is 564. The molecule has 1 aromatic carbocycles. The fourth-order valence-electron chi connectivity index (χ4n) is 3.33. The smallest absolute Gasteiger partial charge is 0.269 e. The van der Waals surface area contributed by atoms with E-state index in [2.05, 4.69) is 17.5 Å². The van der Waals surface area contributed by atoms with Crippen molar-refractivity contribution in [3.8, 4) is 0 Å². The summed E-state index contributed by atoms with van der Waals surface area (Å²) in [6.07, 6.45) is 8.70. The number of amides is 1. The van der Waals surface area contributed by atoms with Gasteiger partial charge in [-0.3, -0.25) is 14.9 Å². The molecule has 5 heteroatoms. The monoisotopic (exact) mass is 286 g/mol. The summed E-state index contributed by atoms with van der Waals surface area (Å²) in [7, 11) is 0. The SMILES string of the molecule is O=C(Nc1ccc([N+](=O)[O-])cc1)C1C2CCC=CCCC21. The summed E-state index contributed by atoms with van der Waals surface area (Å²) < 4.78 is 0. The maximum Gasteiger partial charge on any atom is 0.269 e. The summed E-state index contributed by atoms with van der Waals surface area (Å²) >= 11 is 0. The molecule has 2 aliphatic carbocycles. The quantitative estimate of drug-likeness (QED) is 0.525. The van der Waals surface area contributed by atoms with Crippen LogP contribution in [-0.4, -0.2) is 10.8 Å². The normalized spacial score (nSPS) is 27.1. The maximum atomic E-state index is 12.3. The minimum Gasteiger partial charge on any atom is -0.326 e. The van der Waals surface area contributed by atoms with Crippen LogP contribution >= 0.6 is 0 Å². The molecular formula is C16H18N2O3. The molecule has 110 valence electrons. The van der Waals surface area contributed by atoms with Gasteiger partial charge in [0.25, 0.3) is 5.69 Å². The number of fused-ring (bicyclic) bond motifs is 1. The predicted octanol–water partition coefficient (Wildman–Crippen LogP) is 3.53. The Labute approximate surface area is 123 Å². The third-order valence-electron chi connectivity index (χ3n) is 4.48. The minimum absolute atomic E-state index is 0.0344. The largest absolute Gasteiger partial charge is 0.326 e. The number of hydrogen-bond donors (Lipinski definition) is 1. The molecule has 5 nitrogen and oxygen atoms in total. The van der Waals surface area contributed by atoms with Crippen molar-refractivity contribution in [2.75, 3.05) is 5.32 Å². The molecule has 2 unspecified atom stereocenters. The molecule has 0 aliphatic heterocycles. The van der Waals surface area contributed by atoms with Crippen LogP contribution in [0, 0.1) is 27.9 Å². The lowest BCUT2D eigenvalue weighted by Gasteiger charge is -2.04. The molecule has 21 heavy (non-hydrogen) atoms. The van der Waals surface area contributed by atoms with Crippen LogP contribution in [0.2, 0.25) is 0 Å². The third kappa shape index (κ3) is 2.96. The number of carbonyl (C=O) groups excluding carboxylic acids is 1. The number of hydrogen-bond acceptors (Lipinski definition) is 3. The van der Waals surface area contributed by atoms with E-state index in [0.717, 1.165) is 25.7 Å². The van der Waals surface area contributed by atoms with Gasteiger partial charge in [0.2, 0.25) is 5.91 Å². The van der Waals surface area contributed by atoms with Crippen LogP contribution in [-0.2, 0) is 4.79 Å². The van der Waals surface area contributed by atoms with Crippen molar-refractivity contribution in [2.24, 2.45) is 17.8 Å². The Hall–Kier alpha value is -2.17. The zero-order valence-corrected chi connectivity index (χ0v) is 11.7. The van der Waals surface area contributed by atoms with Crippen LogP contribution in [0.25, 0.3) is 0 Å². The van der Waals surface area contributed by atoms with Gasteiger partial charge in [-0.2, -0.15) is 0 Å². The Morgan fingerprint density at radius 1 is 1.10 bits per heavy atom. The van der Waals surface area contributed by atoms with Gasteiger partial charge in [-0.25, -0.2) is 0 Å². The number of benzene rings is 1. The van der Waals surface area contributed by atoms with Crippen molar-refractivity contribution < 1.29 is 9.72 Å². The summed E-state index contributed by atoms with van der Waals surface area (Å²) in [6.45, 7) is 0. The lowest BCUT2D eigenvalue weighted by Crippen LogP contribution is -2.15. The van der Waals surface area contributed by atoms with Gasteiger partial charge in [0, 0.05) is 23.7 Å². The Morgan fingerprint density at radius 2 is 1.67 bits per heavy atom. The van der Waals surface area contributed by atoms with E-state index in [1.807, 2.05) is 0 Å². The Morgan fingerprint density at radius 3 is 2.19 bits per heavy atom. The first-order valence-corrected chi connectivity index (χ1v) is 7.37. The highest BCUT2D eigenvalue weighted by Crippen LogP contribution is 2.53. The average Bonchev–Trinajstić information content (AvgIpc) is 3.10. The van der Waals surface area contributed by atoms with Crippen molar-refractivity contribution in [2.45, 2.75) is 25.7 Å². The molecule has 1 amide bonds. The summed E-state index contributed by atoms with van der Waals surface area (Å²) in [5.41, 5.74) is 0.662. The minimum atomic E-state index is -0.443. The number of rotatable bonds is 3. The number of carbonyl (C=O) groups is 1. The van der Waals surface area contributed by atoms with Gasteiger partial charge in [0.1, 0.15) is 0 Å². The van der Waals surface area contributed by atoms with Crippen molar-refractivity contribution in [3.05, 3.63) is 46.5 Å². The maximum absolute atomic E-state index is 12.3. The van der Waals surface area contributed by atoms with Crippen LogP contribution in [0.5, 0.6) is 0 Å². The zero-order valence-electron chi connectivity index (χ0n) is 11.7. The molecule has 2 aliphatic rings. The molecular weight excluding hydrogens is 268 g/mol. The Kier molecular flexibility index (Phi) is 3.73. The van der Waals surface area contributed by atoms with Crippen LogP contribution in [0.1, 0.15) is 25.7 Å². The van der Waals surface area contributed by atoms with E-state index in [4.69, 9.17) is 0 Å². The number of nitrogens with one attached hydrogen (secondary N) is 1. The predicted molar refractivity (Wildman–Crippen MR) is 79.8 cm³/mol. The molecule has 1 aromatic rings. The highest BCUT2D eigenvalue weighted by Gasteiger charge is 2.53. The highest BCUT2D eigenvalue weighted by atomic mass is 16.6. The second-order valence-electron chi connectivity index (χ2n) is 5.77. The first-order chi connectivity index (χ1) is 10.2. The third-order valence-corrected chi connectivity index (χ3v) is 4.48. The van der Waals surface area contributed by atoms with E-state index in [9.17, 15) is 14.9 Å². The molecule has 3 rings (SSSR count). The average molecular weight is 286 g/mol. The number of allylic oxidation sites excluding steroid dienone is 2. The van der Waals surface area contributed by atoms with E-state index >= 15 is 0 Å². The standard InChI is InChI=1S/C16H18N2O3/c19-16(15-13-5-3-1-2-4-6-14(13)15)17-11-7-9-12(10-8-11)18(20)21/h1-2,7-10,13-15H,3-6H2,(H,17,19). The van der Waals surface area contributed by atoms with Crippen molar-refractivity contribution in [1.29, 1.82) is 0 Å². The van der Waals surface area contributed by atoms with Gasteiger partial charge in [0.15, 0.2) is 0 Å². The van der Waals surface area contributed by atoms with Gasteiger partial charge < -0.3 is 5.32 Å². The number of nitro groups is 1. The molecule has 0 bridgehead atoms. The lowest BCUT2D eigenvalue weighted by atomic mass is 10.1. The van der Waals surface area contributed by atoms with Gasteiger partial charge in [-0.1, -0.05) is 12.2 Å². The van der Waals surface area contributed by atoms with Crippen LogP contribution in [0.3, 0.4) is 0 Å². The van der Waals surface area contributed by atoms with Crippen LogP contribution in [0.4, 0.5) is 11.4 Å². The zero-order chi connectivity index (χ0) is 14.8. The van der Waals surface area contributed by atoms with Crippen molar-refractivity contribution in [3.63, 3.8) is 0 Å². The fourth-order valence-corrected chi connectivity index (χ4v) is 3.33. The topological polar surface area (TPSA) is 72.2 Å². The summed E-state index contributed by atoms with van der Waals surface area (Å²) in [5.74, 6) is 1.18. The molecule has 0 spiro atoms. The van der Waals surface area contributed by atoms with E-state index in [0.29, 0.717) is 17.5 Å². The second-order valence-corrected chi connectivity index (χ2v) is 5.77. The molecule has 0 saturated heterocycles. The summed E-state index contributed by atoms with van der Waals surface area (Å²) in [6, 6.07) is 6.00. The van der Waals surface area contributed by atoms with Gasteiger partial charge in [0.05, 0.1) is 4.92 Å². The van der Waals surface area contributed by atoms with Gasteiger partial charge >= 0.3 is 0 Å². The first-order valence-electron chi connectivity index (χ1n) is 7.37. The first kappa shape index (κ1) is 13.8. The van der Waals surface area contributed by atoms with E-state index < -0.39 is 4.92 Å². The number of anilines is 1. The van der Waals surface area contributed by atoms with Crippen molar-refractivity contribution >= 4 is 17.3 Å². The van der Waals surface area contributed by atoms with E-state index in [1.165, 1.54) is 12.1 Å². The number of nitrogens with zero attached hydrogens (tertiary/aromatic N) is 1. The molecule has 1 fully saturated rings. The summed E-state index contributed by atoms with van der Waals surface area (Å²) in [5, 5.41) is 13.5. The van der Waals surface area contributed by atoms with E-state index in [1.54, 1.807) is 12.1 Å². The molecule has 0 radical (unpaired) electrons. The second kappa shape index (κ2) is 5.68. The van der Waals surface area contributed by atoms with Gasteiger partial charge in [-0.05, 0) is 49.7 Å². The number of nitro benzene ring substituents is 1. The van der Waals surface area contributed by atoms with Crippen molar-refractivity contribution in [1.82, 2.24) is 0 Å². The molecule has 2 atom stereocenters. The number of non-ortho nitro benzene ring substituents is 1. The van der Waals surface area contributed by atoms with E-state index in [-0.39, 0.29) is 17.5 Å². The van der Waals surface area contributed by atoms with Crippen LogP contribution < -0.4 is 5.32 Å². The Balaban J connectivity index is 1.61.